The maximum atomic E-state index is 11.6. The number of Topliss-reactive ketones (excluding diaryl/α,β-unsaturated/α-hetero) is 1. The van der Waals surface area contributed by atoms with Crippen molar-refractivity contribution in [3.05, 3.63) is 35.4 Å². The van der Waals surface area contributed by atoms with E-state index in [9.17, 15) is 28.8 Å². The summed E-state index contributed by atoms with van der Waals surface area (Å²) in [6, 6.07) is 9.00. The highest BCUT2D eigenvalue weighted by Gasteiger charge is 2.26. The molecule has 0 bridgehead atoms. The van der Waals surface area contributed by atoms with E-state index in [1.54, 1.807) is 20.8 Å². The molecule has 0 fully saturated rings. The number of ether oxygens (including phenoxy) is 3. The zero-order valence-electron chi connectivity index (χ0n) is 87.9. The fourth-order valence-corrected chi connectivity index (χ4v) is 9.28. The number of hydrogen-bond donors (Lipinski definition) is 7. The van der Waals surface area contributed by atoms with Crippen LogP contribution in [0.15, 0.2) is 24.3 Å². The maximum Gasteiger partial charge on any atom is 0.306 e. The van der Waals surface area contributed by atoms with Gasteiger partial charge in [-0.1, -0.05) is 307 Å². The molecular weight excluding hydrogens is 1470 g/mol. The summed E-state index contributed by atoms with van der Waals surface area (Å²) >= 11 is 0. The number of amides is 4. The smallest absolute Gasteiger partial charge is 0.306 e. The molecule has 1 aromatic carbocycles. The molecular formula is C102H207N7O9. The van der Waals surface area contributed by atoms with E-state index in [1.165, 1.54) is 56.1 Å². The molecule has 704 valence electrons. The third-order valence-electron chi connectivity index (χ3n) is 16.9. The molecule has 0 saturated carbocycles. The fraction of sp³-hybridized carbons (Fsp3) is 0.882. The maximum absolute atomic E-state index is 11.6. The molecule has 0 spiro atoms. The van der Waals surface area contributed by atoms with Crippen LogP contribution in [-0.2, 0) is 53.8 Å². The molecule has 16 nitrogen and oxygen atoms in total. The van der Waals surface area contributed by atoms with Crippen LogP contribution in [0.2, 0.25) is 0 Å². The van der Waals surface area contributed by atoms with Gasteiger partial charge in [-0.3, -0.25) is 28.8 Å². The summed E-state index contributed by atoms with van der Waals surface area (Å²) in [5.41, 5.74) is 5.01. The minimum Gasteiger partial charge on any atom is -0.465 e. The van der Waals surface area contributed by atoms with Crippen molar-refractivity contribution < 1.29 is 43.0 Å². The molecule has 1 aromatic rings. The van der Waals surface area contributed by atoms with Gasteiger partial charge in [0, 0.05) is 77.5 Å². The zero-order chi connectivity index (χ0) is 94.9. The molecule has 0 heterocycles. The Morgan fingerprint density at radius 3 is 0.797 bits per heavy atom. The molecule has 0 atom stereocenters. The molecule has 0 aliphatic heterocycles. The van der Waals surface area contributed by atoms with Crippen molar-refractivity contribution in [2.45, 2.75) is 450 Å². The lowest BCUT2D eigenvalue weighted by molar-refractivity contribution is -0.147. The number of esters is 1. The Hall–Kier alpha value is -3.96. The summed E-state index contributed by atoms with van der Waals surface area (Å²) in [5, 5.41) is 21.8. The number of unbranched alkanes of at least 4 members (excludes halogenated alkanes) is 2. The number of carbonyl (C=O) groups excluding carboxylic acids is 6. The van der Waals surface area contributed by atoms with Gasteiger partial charge >= 0.3 is 5.97 Å². The Bertz CT molecular complexity index is 2660. The van der Waals surface area contributed by atoms with E-state index in [2.05, 4.69) is 290 Å². The molecule has 1 rings (SSSR count). The topological polar surface area (TPSA) is 214 Å². The second-order valence-corrected chi connectivity index (χ2v) is 50.6. The third-order valence-corrected chi connectivity index (χ3v) is 16.9. The fourth-order valence-electron chi connectivity index (χ4n) is 9.28. The highest BCUT2D eigenvalue weighted by atomic mass is 16.5. The molecule has 16 heteroatoms. The Labute approximate surface area is 735 Å². The summed E-state index contributed by atoms with van der Waals surface area (Å²) in [4.78, 5) is 69.0. The number of ketones is 1. The van der Waals surface area contributed by atoms with Gasteiger partial charge in [-0.05, 0) is 206 Å². The first-order valence-electron chi connectivity index (χ1n) is 45.5. The molecule has 118 heavy (non-hydrogen) atoms. The van der Waals surface area contributed by atoms with Gasteiger partial charge in [0.25, 0.3) is 0 Å². The molecule has 0 unspecified atom stereocenters. The van der Waals surface area contributed by atoms with Gasteiger partial charge in [-0.15, -0.1) is 0 Å². The standard InChI is InChI=1S/C15H27NO4.C14H22.C13H27NO2.C13H27NO.C12H27NO.C12H25NO.C12H27N.C11H25N/c1-14(2,3)10-20-13(19)8-7-12(18)16-9-11(17)15(4,5)6;1-13(2,3)11-7-9-12(10-8-11)14(4,5)6;1-12(2,3)10-16-9-7-8-14-11(15)13(4,5)6;1-12(2,3)9-7-8-10-14-11(15)13(4,5)6;1-11(2,3)10-14-9-7-8-13-12(4,5)6;1-11(2,3)8-7-9-13-10(14)12(4,5)6;1-11(2,3)9-7-8-10-13-12(4,5)6;1-10(2,3)8-7-9-12-11(4,5)6/h7-10H2,1-6H3,(H,16,18);7-10H,1-6H3;7-10H2,1-6H3,(H,14,15);7-10H2,1-6H3,(H,14,15);13H,7-10H2,1-6H3;7-9H2,1-6H3,(H,13,14);13H,7-10H2,1-6H3;12H,7-9H2,1-6H3. The van der Waals surface area contributed by atoms with Gasteiger partial charge in [-0.2, -0.15) is 0 Å². The van der Waals surface area contributed by atoms with Crippen LogP contribution in [0, 0.1) is 59.6 Å². The molecule has 7 N–H and O–H groups in total. The van der Waals surface area contributed by atoms with Crippen LogP contribution in [0.25, 0.3) is 0 Å². The van der Waals surface area contributed by atoms with Crippen LogP contribution in [-0.4, -0.2) is 131 Å². The average Bonchev–Trinajstić information content (AvgIpc) is 0.831. The first-order valence-corrected chi connectivity index (χ1v) is 45.5. The van der Waals surface area contributed by atoms with Gasteiger partial charge in [0.2, 0.25) is 23.6 Å². The van der Waals surface area contributed by atoms with Crippen molar-refractivity contribution in [3.63, 3.8) is 0 Å². The Kier molecular flexibility index (Phi) is 62.8. The monoisotopic (exact) mass is 1670 g/mol. The molecule has 4 amide bonds. The SMILES string of the molecule is CC(C)(C)CCCCNC(=O)C(C)(C)C.CC(C)(C)CCCCNC(C)(C)C.CC(C)(C)CCCNC(=O)C(C)(C)C.CC(C)(C)CCCNC(C)(C)C.CC(C)(C)COC(=O)CCC(=O)NCC(=O)C(C)(C)C.CC(C)(C)COCCCNC(=O)C(C)(C)C.CC(C)(C)COCCCNC(C)(C)C.CC(C)(C)c1ccc(C(C)(C)C)cc1. The van der Waals surface area contributed by atoms with Crippen LogP contribution < -0.4 is 37.2 Å². The first kappa shape index (κ1) is 127. The second kappa shape index (κ2) is 58.3. The van der Waals surface area contributed by atoms with E-state index >= 15 is 0 Å². The van der Waals surface area contributed by atoms with E-state index in [-0.39, 0.29) is 109 Å². The molecule has 0 aliphatic rings. The highest BCUT2D eigenvalue weighted by Crippen LogP contribution is 2.29. The Morgan fingerprint density at radius 2 is 0.525 bits per heavy atom. The quantitative estimate of drug-likeness (QED) is 0.0283. The normalized spacial score (nSPS) is 12.8. The van der Waals surface area contributed by atoms with E-state index in [0.29, 0.717) is 41.4 Å². The summed E-state index contributed by atoms with van der Waals surface area (Å²) in [6.07, 6.45) is 14.3. The Balaban J connectivity index is -0.000000240. The molecule has 0 saturated heterocycles. The van der Waals surface area contributed by atoms with Crippen LogP contribution in [0.5, 0.6) is 0 Å². The number of carbonyl (C=O) groups is 6. The van der Waals surface area contributed by atoms with E-state index in [1.807, 2.05) is 83.1 Å². The number of hydrogen-bond acceptors (Lipinski definition) is 12. The van der Waals surface area contributed by atoms with Crippen LogP contribution >= 0.6 is 0 Å². The first-order chi connectivity index (χ1) is 52.1. The summed E-state index contributed by atoms with van der Waals surface area (Å²) in [5.74, 6) is -0.346. The van der Waals surface area contributed by atoms with Crippen molar-refractivity contribution >= 4 is 35.4 Å². The van der Waals surface area contributed by atoms with E-state index in [4.69, 9.17) is 14.2 Å². The summed E-state index contributed by atoms with van der Waals surface area (Å²) < 4.78 is 16.1. The van der Waals surface area contributed by atoms with Gasteiger partial charge in [0.15, 0.2) is 5.78 Å². The van der Waals surface area contributed by atoms with E-state index in [0.717, 1.165) is 84.6 Å². The van der Waals surface area contributed by atoms with Crippen LogP contribution in [0.1, 0.15) is 433 Å². The van der Waals surface area contributed by atoms with Crippen molar-refractivity contribution in [2.75, 3.05) is 78.8 Å². The predicted octanol–water partition coefficient (Wildman–Crippen LogP) is 24.9. The minimum absolute atomic E-state index is 0.000623. The lowest BCUT2D eigenvalue weighted by Gasteiger charge is -2.23. The van der Waals surface area contributed by atoms with Gasteiger partial charge in [0.1, 0.15) is 0 Å². The lowest BCUT2D eigenvalue weighted by atomic mass is 9.82. The number of rotatable bonds is 30. The van der Waals surface area contributed by atoms with Crippen LogP contribution in [0.3, 0.4) is 0 Å². The number of nitrogens with one attached hydrogen (secondary N) is 7. The molecule has 0 aliphatic carbocycles. The largest absolute Gasteiger partial charge is 0.465 e. The van der Waals surface area contributed by atoms with Crippen molar-refractivity contribution in [1.29, 1.82) is 0 Å². The van der Waals surface area contributed by atoms with Gasteiger partial charge in [-0.25, -0.2) is 0 Å². The predicted molar refractivity (Wildman–Crippen MR) is 515 cm³/mol. The zero-order valence-corrected chi connectivity index (χ0v) is 87.9. The average molecular weight is 1680 g/mol. The minimum atomic E-state index is -0.473. The van der Waals surface area contributed by atoms with Crippen molar-refractivity contribution in [1.82, 2.24) is 37.2 Å². The lowest BCUT2D eigenvalue weighted by Crippen LogP contribution is -2.36. The highest BCUT2D eigenvalue weighted by molar-refractivity contribution is 5.90. The Morgan fingerprint density at radius 1 is 0.271 bits per heavy atom. The summed E-state index contributed by atoms with van der Waals surface area (Å²) in [6.45, 7) is 111. The van der Waals surface area contributed by atoms with E-state index < -0.39 is 11.4 Å². The van der Waals surface area contributed by atoms with Crippen LogP contribution in [0.4, 0.5) is 0 Å². The van der Waals surface area contributed by atoms with Gasteiger partial charge in [0.05, 0.1) is 32.8 Å². The third kappa shape index (κ3) is 104. The second-order valence-electron chi connectivity index (χ2n) is 50.6. The molecule has 0 aromatic heterocycles. The van der Waals surface area contributed by atoms with Crippen molar-refractivity contribution in [3.8, 4) is 0 Å². The summed E-state index contributed by atoms with van der Waals surface area (Å²) in [7, 11) is 0. The number of benzene rings is 1. The van der Waals surface area contributed by atoms with Crippen molar-refractivity contribution in [2.24, 2.45) is 59.6 Å². The van der Waals surface area contributed by atoms with Gasteiger partial charge < -0.3 is 51.4 Å². The molecule has 0 radical (unpaired) electrons.